The van der Waals surface area contributed by atoms with Crippen molar-refractivity contribution in [3.05, 3.63) is 81.0 Å². The van der Waals surface area contributed by atoms with E-state index in [9.17, 15) is 9.59 Å². The predicted molar refractivity (Wildman–Crippen MR) is 112 cm³/mol. The van der Waals surface area contributed by atoms with Gasteiger partial charge in [0.15, 0.2) is 0 Å². The maximum absolute atomic E-state index is 12.6. The highest BCUT2D eigenvalue weighted by molar-refractivity contribution is 7.95. The van der Waals surface area contributed by atoms with Crippen LogP contribution in [0.1, 0.15) is 34.5 Å². The summed E-state index contributed by atoms with van der Waals surface area (Å²) in [6.45, 7) is 2.58. The molecule has 8 heteroatoms. The lowest BCUT2D eigenvalue weighted by molar-refractivity contribution is -0.139. The SMILES string of the molecule is CCOC(=O)C1=CN(Cc2ccc(C=O)cc2)SNC1c1ccc(Cl)cc1Cl. The maximum atomic E-state index is 12.6. The third-order valence-electron chi connectivity index (χ3n) is 4.12. The molecular weight excluding hydrogens is 419 g/mol. The number of rotatable bonds is 6. The molecule has 0 radical (unpaired) electrons. The second-order valence-electron chi connectivity index (χ2n) is 6.05. The van der Waals surface area contributed by atoms with Gasteiger partial charge in [-0.25, -0.2) is 9.52 Å². The predicted octanol–water partition coefficient (Wildman–Crippen LogP) is 4.96. The molecule has 0 aromatic heterocycles. The molecule has 146 valence electrons. The number of carbonyl (C=O) groups is 2. The van der Waals surface area contributed by atoms with Crippen molar-refractivity contribution in [1.29, 1.82) is 0 Å². The number of hydrogen-bond acceptors (Lipinski definition) is 6. The van der Waals surface area contributed by atoms with Gasteiger partial charge in [-0.15, -0.1) is 0 Å². The molecule has 1 aliphatic heterocycles. The molecule has 5 nitrogen and oxygen atoms in total. The molecule has 0 fully saturated rings. The molecule has 0 bridgehead atoms. The van der Waals surface area contributed by atoms with E-state index in [2.05, 4.69) is 4.72 Å². The van der Waals surface area contributed by atoms with Gasteiger partial charge in [0.25, 0.3) is 0 Å². The van der Waals surface area contributed by atoms with Gasteiger partial charge in [-0.2, -0.15) is 0 Å². The van der Waals surface area contributed by atoms with Gasteiger partial charge < -0.3 is 9.04 Å². The zero-order chi connectivity index (χ0) is 20.1. The average Bonchev–Trinajstić information content (AvgIpc) is 2.69. The molecule has 1 N–H and O–H groups in total. The normalized spacial score (nSPS) is 16.5. The number of halogens is 2. The minimum absolute atomic E-state index is 0.275. The maximum Gasteiger partial charge on any atom is 0.337 e. The summed E-state index contributed by atoms with van der Waals surface area (Å²) in [7, 11) is 0. The van der Waals surface area contributed by atoms with Crippen LogP contribution >= 0.6 is 35.3 Å². The van der Waals surface area contributed by atoms with Gasteiger partial charge >= 0.3 is 5.97 Å². The fraction of sp³-hybridized carbons (Fsp3) is 0.200. The lowest BCUT2D eigenvalue weighted by Crippen LogP contribution is -2.32. The summed E-state index contributed by atoms with van der Waals surface area (Å²) in [6.07, 6.45) is 2.57. The number of ether oxygens (including phenoxy) is 1. The fourth-order valence-corrected chi connectivity index (χ4v) is 4.14. The zero-order valence-electron chi connectivity index (χ0n) is 15.0. The van der Waals surface area contributed by atoms with Gasteiger partial charge in [-0.05, 0) is 30.2 Å². The molecule has 3 rings (SSSR count). The lowest BCUT2D eigenvalue weighted by Gasteiger charge is -2.31. The smallest absolute Gasteiger partial charge is 0.337 e. The molecule has 0 saturated heterocycles. The van der Waals surface area contributed by atoms with Crippen molar-refractivity contribution in [3.8, 4) is 0 Å². The van der Waals surface area contributed by atoms with E-state index in [-0.39, 0.29) is 6.61 Å². The van der Waals surface area contributed by atoms with Crippen LogP contribution in [0.4, 0.5) is 0 Å². The number of aldehydes is 1. The summed E-state index contributed by atoms with van der Waals surface area (Å²) < 4.78 is 10.4. The minimum Gasteiger partial charge on any atom is -0.463 e. The van der Waals surface area contributed by atoms with Crippen LogP contribution in [0.25, 0.3) is 0 Å². The number of esters is 1. The molecule has 2 aromatic rings. The van der Waals surface area contributed by atoms with E-state index in [1.807, 2.05) is 16.4 Å². The van der Waals surface area contributed by atoms with Crippen molar-refractivity contribution in [2.75, 3.05) is 6.61 Å². The van der Waals surface area contributed by atoms with Crippen molar-refractivity contribution in [2.24, 2.45) is 0 Å². The van der Waals surface area contributed by atoms with Gasteiger partial charge in [-0.3, -0.25) is 4.79 Å². The van der Waals surface area contributed by atoms with E-state index < -0.39 is 12.0 Å². The first kappa shape index (κ1) is 20.7. The van der Waals surface area contributed by atoms with Gasteiger partial charge in [-0.1, -0.05) is 53.5 Å². The van der Waals surface area contributed by atoms with Crippen LogP contribution in [0, 0.1) is 0 Å². The van der Waals surface area contributed by atoms with Crippen LogP contribution in [0.5, 0.6) is 0 Å². The number of carbonyl (C=O) groups excluding carboxylic acids is 2. The molecule has 1 unspecified atom stereocenters. The van der Waals surface area contributed by atoms with E-state index >= 15 is 0 Å². The van der Waals surface area contributed by atoms with Crippen LogP contribution in [0.15, 0.2) is 54.2 Å². The van der Waals surface area contributed by atoms with E-state index in [0.717, 1.165) is 17.4 Å². The Kier molecular flexibility index (Phi) is 7.02. The molecule has 0 amide bonds. The summed E-state index contributed by atoms with van der Waals surface area (Å²) in [5.41, 5.74) is 2.82. The lowest BCUT2D eigenvalue weighted by atomic mass is 10.00. The molecule has 2 aromatic carbocycles. The van der Waals surface area contributed by atoms with Crippen molar-refractivity contribution >= 4 is 47.6 Å². The third-order valence-corrected chi connectivity index (χ3v) is 5.49. The highest BCUT2D eigenvalue weighted by atomic mass is 35.5. The summed E-state index contributed by atoms with van der Waals surface area (Å²) >= 11 is 13.7. The summed E-state index contributed by atoms with van der Waals surface area (Å²) in [4.78, 5) is 23.4. The summed E-state index contributed by atoms with van der Waals surface area (Å²) in [5, 5.41) is 0.998. The van der Waals surface area contributed by atoms with E-state index in [1.165, 1.54) is 12.1 Å². The molecule has 0 saturated carbocycles. The Balaban J connectivity index is 1.88. The Morgan fingerprint density at radius 3 is 2.64 bits per heavy atom. The van der Waals surface area contributed by atoms with E-state index in [4.69, 9.17) is 27.9 Å². The van der Waals surface area contributed by atoms with Crippen LogP contribution in [0.2, 0.25) is 10.0 Å². The minimum atomic E-state index is -0.428. The Bertz CT molecular complexity index is 903. The van der Waals surface area contributed by atoms with Crippen LogP contribution < -0.4 is 4.72 Å². The topological polar surface area (TPSA) is 58.6 Å². The first-order valence-corrected chi connectivity index (χ1v) is 10.1. The first-order chi connectivity index (χ1) is 13.5. The molecule has 28 heavy (non-hydrogen) atoms. The molecule has 0 aliphatic carbocycles. The van der Waals surface area contributed by atoms with Crippen LogP contribution in [0.3, 0.4) is 0 Å². The van der Waals surface area contributed by atoms with Gasteiger partial charge in [0.2, 0.25) is 0 Å². The Morgan fingerprint density at radius 2 is 2.00 bits per heavy atom. The number of nitrogens with zero attached hydrogens (tertiary/aromatic N) is 1. The highest BCUT2D eigenvalue weighted by Crippen LogP contribution is 2.36. The summed E-state index contributed by atoms with van der Waals surface area (Å²) in [5.74, 6) is -0.410. The fourth-order valence-electron chi connectivity index (χ4n) is 2.75. The Labute approximate surface area is 177 Å². The monoisotopic (exact) mass is 436 g/mol. The molecule has 0 spiro atoms. The van der Waals surface area contributed by atoms with Crippen LogP contribution in [-0.4, -0.2) is 23.2 Å². The van der Waals surface area contributed by atoms with Gasteiger partial charge in [0, 0.05) is 33.9 Å². The largest absolute Gasteiger partial charge is 0.463 e. The van der Waals surface area contributed by atoms with Crippen molar-refractivity contribution < 1.29 is 14.3 Å². The van der Waals surface area contributed by atoms with Gasteiger partial charge in [0.05, 0.1) is 24.8 Å². The molecule has 1 atom stereocenters. The standard InChI is InChI=1S/C20H18Cl2N2O3S/c1-2-27-20(26)17-11-24(10-13-3-5-14(12-25)6-4-13)28-23-19(17)16-8-7-15(21)9-18(16)22/h3-9,11-12,19,23H,2,10H2,1H3. The van der Waals surface area contributed by atoms with Crippen molar-refractivity contribution in [3.63, 3.8) is 0 Å². The second kappa shape index (κ2) is 9.47. The number of benzene rings is 2. The van der Waals surface area contributed by atoms with Crippen LogP contribution in [-0.2, 0) is 16.1 Å². The van der Waals surface area contributed by atoms with Gasteiger partial charge in [0.1, 0.15) is 6.29 Å². The molecule has 1 aliphatic rings. The van der Waals surface area contributed by atoms with Crippen molar-refractivity contribution in [2.45, 2.75) is 19.5 Å². The Hall–Kier alpha value is -1.99. The van der Waals surface area contributed by atoms with Crippen molar-refractivity contribution in [1.82, 2.24) is 9.03 Å². The Morgan fingerprint density at radius 1 is 1.25 bits per heavy atom. The summed E-state index contributed by atoms with van der Waals surface area (Å²) in [6, 6.07) is 12.0. The highest BCUT2D eigenvalue weighted by Gasteiger charge is 2.30. The second-order valence-corrected chi connectivity index (χ2v) is 7.78. The molecule has 1 heterocycles. The number of nitrogens with one attached hydrogen (secondary N) is 1. The average molecular weight is 437 g/mol. The van der Waals surface area contributed by atoms with E-state index in [0.29, 0.717) is 27.7 Å². The number of hydrogen-bond donors (Lipinski definition) is 1. The quantitative estimate of drug-likeness (QED) is 0.392. The third kappa shape index (κ3) is 4.89. The molecular formula is C20H18Cl2N2O3S. The van der Waals surface area contributed by atoms with E-state index in [1.54, 1.807) is 43.5 Å². The first-order valence-electron chi connectivity index (χ1n) is 8.59. The zero-order valence-corrected chi connectivity index (χ0v) is 17.4.